The molecule has 1 spiro atoms. The molecular formula is C20H36NO7+. The zero-order valence-electron chi connectivity index (χ0n) is 17.2. The van der Waals surface area contributed by atoms with Crippen LogP contribution < -0.4 is 0 Å². The molecule has 0 saturated carbocycles. The third-order valence-electron chi connectivity index (χ3n) is 5.31. The predicted molar refractivity (Wildman–Crippen MR) is 101 cm³/mol. The Morgan fingerprint density at radius 1 is 0.929 bits per heavy atom. The summed E-state index contributed by atoms with van der Waals surface area (Å²) in [7, 11) is 4.35. The van der Waals surface area contributed by atoms with Crippen molar-refractivity contribution in [3.05, 3.63) is 0 Å². The number of quaternary nitrogens is 1. The molecule has 0 aromatic rings. The molecule has 8 nitrogen and oxygen atoms in total. The standard InChI is InChI=1S/C12H18O6.C7H14NO.CH4/c1-10(2)15-6-12(18-10)9(13)8-7(5-14-12)16-11(3,4)17-8;1-8(2)5-3-7(9)4-6-8;/h7-8H,5-6H2,1-4H3;3-6H2,1-2H3;1H4/q;+1;. The predicted octanol–water partition coefficient (Wildman–Crippen LogP) is 1.65. The second-order valence-corrected chi connectivity index (χ2v) is 9.23. The van der Waals surface area contributed by atoms with Gasteiger partial charge in [0, 0.05) is 0 Å². The van der Waals surface area contributed by atoms with Crippen LogP contribution in [-0.4, -0.2) is 86.0 Å². The Bertz CT molecular complexity index is 602. The molecule has 0 aliphatic carbocycles. The molecule has 4 fully saturated rings. The number of likely N-dealkylation sites (tertiary alicyclic amines) is 1. The average molecular weight is 403 g/mol. The third-order valence-corrected chi connectivity index (χ3v) is 5.31. The van der Waals surface area contributed by atoms with Crippen LogP contribution in [0, 0.1) is 0 Å². The first kappa shape index (κ1) is 23.4. The van der Waals surface area contributed by atoms with E-state index in [0.29, 0.717) is 5.78 Å². The number of rotatable bonds is 0. The van der Waals surface area contributed by atoms with Crippen molar-refractivity contribution in [2.24, 2.45) is 0 Å². The second-order valence-electron chi connectivity index (χ2n) is 9.23. The molecule has 3 atom stereocenters. The lowest BCUT2D eigenvalue weighted by Gasteiger charge is -2.35. The van der Waals surface area contributed by atoms with Gasteiger partial charge in [-0.15, -0.1) is 0 Å². The highest BCUT2D eigenvalue weighted by molar-refractivity contribution is 5.92. The number of hydrogen-bond acceptors (Lipinski definition) is 7. The van der Waals surface area contributed by atoms with Crippen molar-refractivity contribution >= 4 is 11.6 Å². The van der Waals surface area contributed by atoms with Crippen LogP contribution in [0.3, 0.4) is 0 Å². The minimum absolute atomic E-state index is 0. The number of carbonyl (C=O) groups is 2. The lowest BCUT2D eigenvalue weighted by Crippen LogP contribution is -2.58. The zero-order chi connectivity index (χ0) is 20.1. The Morgan fingerprint density at radius 3 is 2.04 bits per heavy atom. The van der Waals surface area contributed by atoms with E-state index in [1.807, 2.05) is 0 Å². The zero-order valence-corrected chi connectivity index (χ0v) is 17.2. The van der Waals surface area contributed by atoms with Crippen molar-refractivity contribution in [1.29, 1.82) is 0 Å². The summed E-state index contributed by atoms with van der Waals surface area (Å²) in [5, 5.41) is 0. The van der Waals surface area contributed by atoms with E-state index in [0.717, 1.165) is 30.4 Å². The maximum atomic E-state index is 12.5. The van der Waals surface area contributed by atoms with Crippen LogP contribution >= 0.6 is 0 Å². The first-order valence-electron chi connectivity index (χ1n) is 9.55. The van der Waals surface area contributed by atoms with Gasteiger partial charge in [-0.25, -0.2) is 0 Å². The average Bonchev–Trinajstić information content (AvgIpc) is 3.04. The third kappa shape index (κ3) is 4.98. The van der Waals surface area contributed by atoms with Crippen molar-refractivity contribution in [2.45, 2.75) is 77.5 Å². The molecule has 4 saturated heterocycles. The van der Waals surface area contributed by atoms with Gasteiger partial charge >= 0.3 is 0 Å². The summed E-state index contributed by atoms with van der Waals surface area (Å²) < 4.78 is 28.9. The molecule has 4 aliphatic rings. The summed E-state index contributed by atoms with van der Waals surface area (Å²) in [5.74, 6) is -2.75. The molecule has 0 aromatic carbocycles. The minimum atomic E-state index is -1.34. The molecule has 4 heterocycles. The van der Waals surface area contributed by atoms with Crippen LogP contribution in [0.4, 0.5) is 0 Å². The van der Waals surface area contributed by atoms with E-state index < -0.39 is 23.5 Å². The highest BCUT2D eigenvalue weighted by Gasteiger charge is 2.62. The molecular weight excluding hydrogens is 366 g/mol. The van der Waals surface area contributed by atoms with Gasteiger partial charge in [0.1, 0.15) is 18.5 Å². The van der Waals surface area contributed by atoms with E-state index in [2.05, 4.69) is 14.1 Å². The number of ketones is 2. The number of Topliss-reactive ketones (excluding diaryl/α,β-unsaturated/α-hetero) is 2. The minimum Gasteiger partial charge on any atom is -0.344 e. The van der Waals surface area contributed by atoms with Gasteiger partial charge in [0.25, 0.3) is 5.79 Å². The van der Waals surface area contributed by atoms with Gasteiger partial charge in [-0.05, 0) is 27.7 Å². The van der Waals surface area contributed by atoms with Crippen molar-refractivity contribution in [1.82, 2.24) is 0 Å². The van der Waals surface area contributed by atoms with Crippen molar-refractivity contribution in [2.75, 3.05) is 40.4 Å². The van der Waals surface area contributed by atoms with E-state index in [1.54, 1.807) is 27.7 Å². The van der Waals surface area contributed by atoms with Gasteiger partial charge in [-0.2, -0.15) is 0 Å². The van der Waals surface area contributed by atoms with Gasteiger partial charge in [0.05, 0.1) is 46.6 Å². The summed E-state index contributed by atoms with van der Waals surface area (Å²) >= 11 is 0. The maximum absolute atomic E-state index is 12.5. The van der Waals surface area contributed by atoms with Gasteiger partial charge < -0.3 is 28.2 Å². The number of nitrogens with zero attached hydrogens (tertiary/aromatic N) is 1. The first-order chi connectivity index (χ1) is 12.3. The van der Waals surface area contributed by atoms with Crippen LogP contribution in [0.25, 0.3) is 0 Å². The SMILES string of the molecule is C.CC1(C)OC2COC3(COC(C)(C)O3)C(=O)C2O1.C[N+]1(C)CCC(=O)CC1. The Balaban J connectivity index is 0.000000239. The van der Waals surface area contributed by atoms with E-state index in [4.69, 9.17) is 23.7 Å². The molecule has 28 heavy (non-hydrogen) atoms. The van der Waals surface area contributed by atoms with Crippen LogP contribution in [0.2, 0.25) is 0 Å². The van der Waals surface area contributed by atoms with Crippen molar-refractivity contribution < 1.29 is 37.8 Å². The monoisotopic (exact) mass is 402 g/mol. The topological polar surface area (TPSA) is 80.3 Å². The molecule has 8 heteroatoms. The summed E-state index contributed by atoms with van der Waals surface area (Å²) in [6.07, 6.45) is 0.552. The molecule has 3 unspecified atom stereocenters. The van der Waals surface area contributed by atoms with E-state index in [-0.39, 0.29) is 32.5 Å². The first-order valence-corrected chi connectivity index (χ1v) is 9.55. The number of carbonyl (C=O) groups excluding carboxylic acids is 2. The molecule has 0 bridgehead atoms. The highest BCUT2D eigenvalue weighted by Crippen LogP contribution is 2.41. The summed E-state index contributed by atoms with van der Waals surface area (Å²) in [5.41, 5.74) is 0. The molecule has 0 aromatic heterocycles. The van der Waals surface area contributed by atoms with Gasteiger partial charge in [-0.1, -0.05) is 7.43 Å². The summed E-state index contributed by atoms with van der Waals surface area (Å²) in [6.45, 7) is 9.46. The quantitative estimate of drug-likeness (QED) is 0.570. The maximum Gasteiger partial charge on any atom is 0.258 e. The Morgan fingerprint density at radius 2 is 1.54 bits per heavy atom. The van der Waals surface area contributed by atoms with Crippen molar-refractivity contribution in [3.63, 3.8) is 0 Å². The fourth-order valence-corrected chi connectivity index (χ4v) is 3.69. The summed E-state index contributed by atoms with van der Waals surface area (Å²) in [4.78, 5) is 23.2. The lowest BCUT2D eigenvalue weighted by atomic mass is 9.99. The molecule has 4 rings (SSSR count). The normalized spacial score (nSPS) is 37.6. The fraction of sp³-hybridized carbons (Fsp3) is 0.900. The van der Waals surface area contributed by atoms with Gasteiger partial charge in [-0.3, -0.25) is 9.59 Å². The number of fused-ring (bicyclic) bond motifs is 1. The number of ether oxygens (including phenoxy) is 5. The number of piperidine rings is 1. The Hall–Kier alpha value is -0.900. The van der Waals surface area contributed by atoms with Crippen LogP contribution in [-0.2, 0) is 33.3 Å². The van der Waals surface area contributed by atoms with Crippen LogP contribution in [0.5, 0.6) is 0 Å². The van der Waals surface area contributed by atoms with E-state index >= 15 is 0 Å². The molecule has 0 radical (unpaired) electrons. The molecule has 0 N–H and O–H groups in total. The largest absolute Gasteiger partial charge is 0.344 e. The smallest absolute Gasteiger partial charge is 0.258 e. The fourth-order valence-electron chi connectivity index (χ4n) is 3.69. The van der Waals surface area contributed by atoms with Gasteiger partial charge in [0.2, 0.25) is 5.78 Å². The molecule has 0 amide bonds. The Labute approximate surface area is 168 Å². The van der Waals surface area contributed by atoms with Crippen molar-refractivity contribution in [3.8, 4) is 0 Å². The second kappa shape index (κ2) is 7.74. The Kier molecular flexibility index (Phi) is 6.46. The van der Waals surface area contributed by atoms with E-state index in [9.17, 15) is 9.59 Å². The van der Waals surface area contributed by atoms with Crippen LogP contribution in [0.15, 0.2) is 0 Å². The van der Waals surface area contributed by atoms with Gasteiger partial charge in [0.15, 0.2) is 17.7 Å². The molecule has 162 valence electrons. The van der Waals surface area contributed by atoms with E-state index in [1.165, 1.54) is 0 Å². The lowest BCUT2D eigenvalue weighted by molar-refractivity contribution is -0.891. The van der Waals surface area contributed by atoms with Crippen LogP contribution in [0.1, 0.15) is 48.0 Å². The highest BCUT2D eigenvalue weighted by atomic mass is 16.8. The molecule has 4 aliphatic heterocycles. The summed E-state index contributed by atoms with van der Waals surface area (Å²) in [6, 6.07) is 0. The number of hydrogen-bond donors (Lipinski definition) is 0.